The molecule has 18 heavy (non-hydrogen) atoms. The summed E-state index contributed by atoms with van der Waals surface area (Å²) in [7, 11) is 0. The molecule has 0 saturated carbocycles. The molecule has 2 heterocycles. The lowest BCUT2D eigenvalue weighted by molar-refractivity contribution is 0.0320. The molecule has 4 nitrogen and oxygen atoms in total. The van der Waals surface area contributed by atoms with Crippen LogP contribution in [0.3, 0.4) is 0 Å². The van der Waals surface area contributed by atoms with Crippen LogP contribution in [0.1, 0.15) is 25.8 Å². The molecule has 0 aromatic carbocycles. The minimum absolute atomic E-state index is 0.129. The molecule has 1 aromatic heterocycles. The number of nitrogens with one attached hydrogen (secondary N) is 1. The van der Waals surface area contributed by atoms with Gasteiger partial charge in [0, 0.05) is 32.4 Å². The molecule has 0 spiro atoms. The van der Waals surface area contributed by atoms with E-state index < -0.39 is 0 Å². The van der Waals surface area contributed by atoms with Crippen molar-refractivity contribution in [2.45, 2.75) is 32.9 Å². The number of hydrogen-bond donors (Lipinski definition) is 2. The van der Waals surface area contributed by atoms with Gasteiger partial charge in [-0.3, -0.25) is 4.90 Å². The Kier molecular flexibility index (Phi) is 4.55. The fourth-order valence-electron chi connectivity index (χ4n) is 2.43. The van der Waals surface area contributed by atoms with E-state index in [1.165, 1.54) is 5.56 Å². The SMILES string of the molecule is CCNc1ccc(CN2CCC(O)C(C)C2)cn1. The fraction of sp³-hybridized carbons (Fsp3) is 0.643. The number of piperidine rings is 1. The lowest BCUT2D eigenvalue weighted by Crippen LogP contribution is -2.41. The van der Waals surface area contributed by atoms with Crippen molar-refractivity contribution in [1.29, 1.82) is 0 Å². The summed E-state index contributed by atoms with van der Waals surface area (Å²) in [5.74, 6) is 1.30. The highest BCUT2D eigenvalue weighted by atomic mass is 16.3. The van der Waals surface area contributed by atoms with Gasteiger partial charge < -0.3 is 10.4 Å². The van der Waals surface area contributed by atoms with Crippen LogP contribution in [0.15, 0.2) is 18.3 Å². The zero-order valence-electron chi connectivity index (χ0n) is 11.3. The molecule has 0 radical (unpaired) electrons. The average molecular weight is 249 g/mol. The van der Waals surface area contributed by atoms with Crippen LogP contribution in [0, 0.1) is 5.92 Å². The predicted molar refractivity (Wildman–Crippen MR) is 73.5 cm³/mol. The maximum Gasteiger partial charge on any atom is 0.125 e. The van der Waals surface area contributed by atoms with Crippen molar-refractivity contribution in [1.82, 2.24) is 9.88 Å². The van der Waals surface area contributed by atoms with Gasteiger partial charge in [0.25, 0.3) is 0 Å². The van der Waals surface area contributed by atoms with E-state index >= 15 is 0 Å². The summed E-state index contributed by atoms with van der Waals surface area (Å²) in [6.45, 7) is 7.94. The molecule has 0 aliphatic carbocycles. The highest BCUT2D eigenvalue weighted by Gasteiger charge is 2.23. The lowest BCUT2D eigenvalue weighted by atomic mass is 9.96. The topological polar surface area (TPSA) is 48.4 Å². The molecule has 1 saturated heterocycles. The number of likely N-dealkylation sites (tertiary alicyclic amines) is 1. The number of nitrogens with zero attached hydrogens (tertiary/aromatic N) is 2. The van der Waals surface area contributed by atoms with Gasteiger partial charge in [-0.2, -0.15) is 0 Å². The first-order valence-electron chi connectivity index (χ1n) is 6.78. The summed E-state index contributed by atoms with van der Waals surface area (Å²) in [6, 6.07) is 4.15. The normalized spacial score (nSPS) is 25.1. The first-order chi connectivity index (χ1) is 8.69. The maximum atomic E-state index is 9.71. The smallest absolute Gasteiger partial charge is 0.125 e. The van der Waals surface area contributed by atoms with Crippen LogP contribution in [0.5, 0.6) is 0 Å². The first kappa shape index (κ1) is 13.3. The Labute approximate surface area is 109 Å². The third-order valence-electron chi connectivity index (χ3n) is 3.53. The molecule has 2 rings (SSSR count). The average Bonchev–Trinajstić information content (AvgIpc) is 2.37. The van der Waals surface area contributed by atoms with E-state index in [0.29, 0.717) is 5.92 Å². The largest absolute Gasteiger partial charge is 0.393 e. The van der Waals surface area contributed by atoms with Gasteiger partial charge in [-0.15, -0.1) is 0 Å². The Hall–Kier alpha value is -1.13. The van der Waals surface area contributed by atoms with E-state index in [2.05, 4.69) is 35.1 Å². The number of hydrogen-bond acceptors (Lipinski definition) is 4. The van der Waals surface area contributed by atoms with Gasteiger partial charge in [0.2, 0.25) is 0 Å². The standard InChI is InChI=1S/C14H23N3O/c1-3-15-14-5-4-12(8-16-14)10-17-7-6-13(18)11(2)9-17/h4-5,8,11,13,18H,3,6-7,9-10H2,1-2H3,(H,15,16). The fourth-order valence-corrected chi connectivity index (χ4v) is 2.43. The molecule has 1 aliphatic heterocycles. The van der Waals surface area contributed by atoms with E-state index in [0.717, 1.165) is 38.4 Å². The van der Waals surface area contributed by atoms with Crippen molar-refractivity contribution in [2.75, 3.05) is 25.0 Å². The second-order valence-electron chi connectivity index (χ2n) is 5.15. The Bertz CT molecular complexity index is 366. The summed E-state index contributed by atoms with van der Waals surface area (Å²) in [5.41, 5.74) is 1.24. The van der Waals surface area contributed by atoms with E-state index in [4.69, 9.17) is 0 Å². The number of pyridine rings is 1. The number of aliphatic hydroxyl groups is 1. The van der Waals surface area contributed by atoms with E-state index in [9.17, 15) is 5.11 Å². The zero-order chi connectivity index (χ0) is 13.0. The quantitative estimate of drug-likeness (QED) is 0.853. The van der Waals surface area contributed by atoms with Gasteiger partial charge in [0.05, 0.1) is 6.10 Å². The van der Waals surface area contributed by atoms with Crippen LogP contribution in [0.2, 0.25) is 0 Å². The second-order valence-corrected chi connectivity index (χ2v) is 5.15. The van der Waals surface area contributed by atoms with E-state index in [-0.39, 0.29) is 6.10 Å². The maximum absolute atomic E-state index is 9.71. The van der Waals surface area contributed by atoms with Gasteiger partial charge in [-0.25, -0.2) is 4.98 Å². The highest BCUT2D eigenvalue weighted by Crippen LogP contribution is 2.18. The Morgan fingerprint density at radius 2 is 2.33 bits per heavy atom. The van der Waals surface area contributed by atoms with Crippen LogP contribution in [-0.4, -0.2) is 40.7 Å². The number of rotatable bonds is 4. The summed E-state index contributed by atoms with van der Waals surface area (Å²) in [4.78, 5) is 6.77. The van der Waals surface area contributed by atoms with Gasteiger partial charge in [-0.05, 0) is 30.9 Å². The molecule has 2 N–H and O–H groups in total. The Balaban J connectivity index is 1.89. The first-order valence-corrected chi connectivity index (χ1v) is 6.78. The molecule has 1 fully saturated rings. The number of aliphatic hydroxyl groups excluding tert-OH is 1. The molecule has 2 unspecified atom stereocenters. The Morgan fingerprint density at radius 3 is 2.94 bits per heavy atom. The van der Waals surface area contributed by atoms with Crippen molar-refractivity contribution in [3.05, 3.63) is 23.9 Å². The van der Waals surface area contributed by atoms with Crippen LogP contribution in [0.4, 0.5) is 5.82 Å². The van der Waals surface area contributed by atoms with Crippen molar-refractivity contribution in [3.63, 3.8) is 0 Å². The van der Waals surface area contributed by atoms with Crippen molar-refractivity contribution < 1.29 is 5.11 Å². The number of aromatic nitrogens is 1. The van der Waals surface area contributed by atoms with Gasteiger partial charge in [0.15, 0.2) is 0 Å². The molecule has 0 amide bonds. The molecule has 0 bridgehead atoms. The highest BCUT2D eigenvalue weighted by molar-refractivity contribution is 5.35. The third-order valence-corrected chi connectivity index (χ3v) is 3.53. The van der Waals surface area contributed by atoms with Gasteiger partial charge in [-0.1, -0.05) is 13.0 Å². The van der Waals surface area contributed by atoms with Gasteiger partial charge >= 0.3 is 0 Å². The Morgan fingerprint density at radius 1 is 1.50 bits per heavy atom. The minimum atomic E-state index is -0.129. The van der Waals surface area contributed by atoms with Crippen LogP contribution in [-0.2, 0) is 6.54 Å². The molecule has 4 heteroatoms. The summed E-state index contributed by atoms with van der Waals surface area (Å²) < 4.78 is 0. The molecule has 2 atom stereocenters. The van der Waals surface area contributed by atoms with Gasteiger partial charge in [0.1, 0.15) is 5.82 Å². The molecule has 1 aromatic rings. The third kappa shape index (κ3) is 3.43. The molecule has 1 aliphatic rings. The molecular weight excluding hydrogens is 226 g/mol. The summed E-state index contributed by atoms with van der Waals surface area (Å²) >= 11 is 0. The minimum Gasteiger partial charge on any atom is -0.393 e. The lowest BCUT2D eigenvalue weighted by Gasteiger charge is -2.34. The molecule has 100 valence electrons. The summed E-state index contributed by atoms with van der Waals surface area (Å²) in [6.07, 6.45) is 2.69. The van der Waals surface area contributed by atoms with E-state index in [1.54, 1.807) is 0 Å². The van der Waals surface area contributed by atoms with Crippen LogP contribution < -0.4 is 5.32 Å². The second kappa shape index (κ2) is 6.16. The zero-order valence-corrected chi connectivity index (χ0v) is 11.3. The van der Waals surface area contributed by atoms with E-state index in [1.807, 2.05) is 12.3 Å². The monoisotopic (exact) mass is 249 g/mol. The molecular formula is C14H23N3O. The van der Waals surface area contributed by atoms with Crippen LogP contribution in [0.25, 0.3) is 0 Å². The predicted octanol–water partition coefficient (Wildman–Crippen LogP) is 1.72. The van der Waals surface area contributed by atoms with Crippen molar-refractivity contribution in [3.8, 4) is 0 Å². The number of anilines is 1. The summed E-state index contributed by atoms with van der Waals surface area (Å²) in [5, 5.41) is 12.9. The van der Waals surface area contributed by atoms with Crippen molar-refractivity contribution in [2.24, 2.45) is 5.92 Å². The van der Waals surface area contributed by atoms with Crippen molar-refractivity contribution >= 4 is 5.82 Å². The van der Waals surface area contributed by atoms with Crippen LogP contribution >= 0.6 is 0 Å².